The molecule has 0 fully saturated rings. The molecule has 0 unspecified atom stereocenters. The van der Waals surface area contributed by atoms with Gasteiger partial charge >= 0.3 is 0 Å². The van der Waals surface area contributed by atoms with Gasteiger partial charge in [0.05, 0.1) is 6.73 Å². The Balaban J connectivity index is 3.02. The molecule has 3 heteroatoms. The summed E-state index contributed by atoms with van der Waals surface area (Å²) < 4.78 is 5.60. The summed E-state index contributed by atoms with van der Waals surface area (Å²) in [5.41, 5.74) is 0. The first kappa shape index (κ1) is 11.1. The van der Waals surface area contributed by atoms with Crippen molar-refractivity contribution >= 4 is 8.32 Å². The maximum Gasteiger partial charge on any atom is 0.185 e. The van der Waals surface area contributed by atoms with Crippen LogP contribution < -0.4 is 5.32 Å². The largest absolute Gasteiger partial charge is 0.405 e. The molecule has 0 aliphatic carbocycles. The van der Waals surface area contributed by atoms with Gasteiger partial charge in [0.25, 0.3) is 0 Å². The average molecular weight is 175 g/mol. The van der Waals surface area contributed by atoms with E-state index in [1.54, 1.807) is 0 Å². The van der Waals surface area contributed by atoms with Gasteiger partial charge in [-0.2, -0.15) is 0 Å². The minimum atomic E-state index is -1.28. The Morgan fingerprint density at radius 3 is 2.36 bits per heavy atom. The van der Waals surface area contributed by atoms with E-state index in [1.807, 2.05) is 0 Å². The summed E-state index contributed by atoms with van der Waals surface area (Å²) in [6.07, 6.45) is 2.50. The van der Waals surface area contributed by atoms with Gasteiger partial charge in [0, 0.05) is 0 Å². The topological polar surface area (TPSA) is 21.3 Å². The Hall–Kier alpha value is 0.137. The Labute approximate surface area is 71.5 Å². The van der Waals surface area contributed by atoms with Crippen LogP contribution in [0.15, 0.2) is 0 Å². The third-order valence-electron chi connectivity index (χ3n) is 1.31. The van der Waals surface area contributed by atoms with Crippen molar-refractivity contribution in [2.75, 3.05) is 13.3 Å². The van der Waals surface area contributed by atoms with Gasteiger partial charge in [0.1, 0.15) is 0 Å². The summed E-state index contributed by atoms with van der Waals surface area (Å²) in [6, 6.07) is 0. The Bertz CT molecular complexity index is 90.6. The van der Waals surface area contributed by atoms with E-state index in [9.17, 15) is 0 Å². The molecular formula is C8H21NOSi. The smallest absolute Gasteiger partial charge is 0.185 e. The summed E-state index contributed by atoms with van der Waals surface area (Å²) in [4.78, 5) is 0. The lowest BCUT2D eigenvalue weighted by Crippen LogP contribution is -2.31. The molecule has 0 aromatic rings. The highest BCUT2D eigenvalue weighted by atomic mass is 28.4. The van der Waals surface area contributed by atoms with E-state index >= 15 is 0 Å². The zero-order valence-electron chi connectivity index (χ0n) is 8.24. The zero-order chi connectivity index (χ0) is 8.74. The van der Waals surface area contributed by atoms with Crippen LogP contribution in [0.3, 0.4) is 0 Å². The second kappa shape index (κ2) is 5.74. The van der Waals surface area contributed by atoms with Crippen molar-refractivity contribution in [3.05, 3.63) is 0 Å². The maximum absolute atomic E-state index is 5.60. The maximum atomic E-state index is 5.60. The third kappa shape index (κ3) is 10.1. The molecule has 0 saturated carbocycles. The first-order valence-corrected chi connectivity index (χ1v) is 7.82. The minimum absolute atomic E-state index is 0.732. The van der Waals surface area contributed by atoms with Crippen molar-refractivity contribution in [3.63, 3.8) is 0 Å². The number of rotatable bonds is 6. The second-order valence-electron chi connectivity index (χ2n) is 3.75. The van der Waals surface area contributed by atoms with Crippen LogP contribution in [0.4, 0.5) is 0 Å². The highest BCUT2D eigenvalue weighted by Crippen LogP contribution is 2.00. The molecule has 68 valence electrons. The molecule has 0 heterocycles. The van der Waals surface area contributed by atoms with Crippen molar-refractivity contribution in [1.82, 2.24) is 5.32 Å². The molecule has 0 amide bonds. The van der Waals surface area contributed by atoms with Crippen molar-refractivity contribution in [2.24, 2.45) is 0 Å². The summed E-state index contributed by atoms with van der Waals surface area (Å²) in [7, 11) is -1.28. The van der Waals surface area contributed by atoms with Crippen LogP contribution >= 0.6 is 0 Å². The van der Waals surface area contributed by atoms with Crippen LogP contribution in [0, 0.1) is 0 Å². The lowest BCUT2D eigenvalue weighted by atomic mass is 10.3. The van der Waals surface area contributed by atoms with E-state index in [0.29, 0.717) is 0 Å². The molecule has 0 aliphatic rings. The molecule has 11 heavy (non-hydrogen) atoms. The number of unbranched alkanes of at least 4 members (excludes halogenated alkanes) is 1. The summed E-state index contributed by atoms with van der Waals surface area (Å²) >= 11 is 0. The highest BCUT2D eigenvalue weighted by molar-refractivity contribution is 6.69. The van der Waals surface area contributed by atoms with E-state index in [0.717, 1.165) is 13.3 Å². The van der Waals surface area contributed by atoms with Gasteiger partial charge in [-0.15, -0.1) is 0 Å². The van der Waals surface area contributed by atoms with Crippen molar-refractivity contribution < 1.29 is 4.43 Å². The van der Waals surface area contributed by atoms with E-state index in [2.05, 4.69) is 31.9 Å². The Kier molecular flexibility index (Phi) is 5.82. The first-order valence-electron chi connectivity index (χ1n) is 4.41. The average Bonchev–Trinajstić information content (AvgIpc) is 1.85. The van der Waals surface area contributed by atoms with Crippen LogP contribution in [-0.4, -0.2) is 21.6 Å². The molecule has 2 nitrogen and oxygen atoms in total. The Morgan fingerprint density at radius 2 is 1.91 bits per heavy atom. The SMILES string of the molecule is CCCCNCO[Si](C)(C)C. The summed E-state index contributed by atoms with van der Waals surface area (Å²) in [6.45, 7) is 10.6. The van der Waals surface area contributed by atoms with Crippen LogP contribution in [0.25, 0.3) is 0 Å². The van der Waals surface area contributed by atoms with Gasteiger partial charge in [-0.3, -0.25) is 5.32 Å². The molecule has 0 bridgehead atoms. The summed E-state index contributed by atoms with van der Waals surface area (Å²) in [5, 5.41) is 3.26. The fourth-order valence-electron chi connectivity index (χ4n) is 0.641. The van der Waals surface area contributed by atoms with Gasteiger partial charge in [0.15, 0.2) is 8.32 Å². The molecular weight excluding hydrogens is 154 g/mol. The van der Waals surface area contributed by atoms with Gasteiger partial charge in [-0.1, -0.05) is 13.3 Å². The Morgan fingerprint density at radius 1 is 1.27 bits per heavy atom. The van der Waals surface area contributed by atoms with Crippen LogP contribution in [0.2, 0.25) is 19.6 Å². The standard InChI is InChI=1S/C8H21NOSi/c1-5-6-7-9-8-10-11(2,3)4/h9H,5-8H2,1-4H3. The quantitative estimate of drug-likeness (QED) is 0.379. The molecule has 1 N–H and O–H groups in total. The van der Waals surface area contributed by atoms with Crippen molar-refractivity contribution in [1.29, 1.82) is 0 Å². The third-order valence-corrected chi connectivity index (χ3v) is 2.32. The summed E-state index contributed by atoms with van der Waals surface area (Å²) in [5.74, 6) is 0. The lowest BCUT2D eigenvalue weighted by Gasteiger charge is -2.17. The van der Waals surface area contributed by atoms with Gasteiger partial charge in [-0.05, 0) is 32.6 Å². The molecule has 0 rings (SSSR count). The fourth-order valence-corrected chi connectivity index (χ4v) is 1.18. The molecule has 0 saturated heterocycles. The van der Waals surface area contributed by atoms with Gasteiger partial charge in [0.2, 0.25) is 0 Å². The molecule has 0 radical (unpaired) electrons. The minimum Gasteiger partial charge on any atom is -0.405 e. The lowest BCUT2D eigenvalue weighted by molar-refractivity contribution is 0.277. The predicted molar refractivity (Wildman–Crippen MR) is 52.2 cm³/mol. The van der Waals surface area contributed by atoms with Crippen LogP contribution in [0.5, 0.6) is 0 Å². The van der Waals surface area contributed by atoms with E-state index in [1.165, 1.54) is 12.8 Å². The fraction of sp³-hybridized carbons (Fsp3) is 1.00. The van der Waals surface area contributed by atoms with E-state index in [4.69, 9.17) is 4.43 Å². The van der Waals surface area contributed by atoms with E-state index in [-0.39, 0.29) is 0 Å². The molecule has 0 aromatic heterocycles. The number of nitrogens with one attached hydrogen (secondary N) is 1. The van der Waals surface area contributed by atoms with E-state index < -0.39 is 8.32 Å². The van der Waals surface area contributed by atoms with Crippen molar-refractivity contribution in [3.8, 4) is 0 Å². The van der Waals surface area contributed by atoms with Crippen LogP contribution in [-0.2, 0) is 4.43 Å². The molecule has 0 atom stereocenters. The zero-order valence-corrected chi connectivity index (χ0v) is 9.24. The molecule has 0 aliphatic heterocycles. The number of hydrogen-bond acceptors (Lipinski definition) is 2. The first-order chi connectivity index (χ1) is 5.06. The van der Waals surface area contributed by atoms with Crippen molar-refractivity contribution in [2.45, 2.75) is 39.4 Å². The highest BCUT2D eigenvalue weighted by Gasteiger charge is 2.12. The predicted octanol–water partition coefficient (Wildman–Crippen LogP) is 2.19. The second-order valence-corrected chi connectivity index (χ2v) is 8.27. The van der Waals surface area contributed by atoms with Crippen LogP contribution in [0.1, 0.15) is 19.8 Å². The molecule has 0 aromatic carbocycles. The normalized spacial score (nSPS) is 12.0. The molecule has 0 spiro atoms. The monoisotopic (exact) mass is 175 g/mol. The van der Waals surface area contributed by atoms with Gasteiger partial charge < -0.3 is 4.43 Å². The number of hydrogen-bond donors (Lipinski definition) is 1. The van der Waals surface area contributed by atoms with Gasteiger partial charge in [-0.25, -0.2) is 0 Å².